The van der Waals surface area contributed by atoms with Crippen molar-refractivity contribution >= 4 is 33.2 Å². The van der Waals surface area contributed by atoms with Crippen LogP contribution in [0.5, 0.6) is 11.5 Å². The summed E-state index contributed by atoms with van der Waals surface area (Å²) in [4.78, 5) is 12.9. The summed E-state index contributed by atoms with van der Waals surface area (Å²) in [5.41, 5.74) is 1.63. The van der Waals surface area contributed by atoms with Gasteiger partial charge in [-0.25, -0.2) is 8.42 Å². The summed E-state index contributed by atoms with van der Waals surface area (Å²) < 4.78 is 39.5. The van der Waals surface area contributed by atoms with E-state index in [1.807, 2.05) is 24.3 Å². The topological polar surface area (TPSA) is 84.9 Å². The summed E-state index contributed by atoms with van der Waals surface area (Å²) in [5, 5.41) is 3.21. The van der Waals surface area contributed by atoms with Crippen LogP contribution in [0.4, 0.5) is 5.69 Å². The van der Waals surface area contributed by atoms with Crippen molar-refractivity contribution in [1.82, 2.24) is 5.32 Å². The molecule has 0 saturated heterocycles. The Hall–Kier alpha value is -3.23. The zero-order chi connectivity index (χ0) is 24.8. The molecule has 1 atom stereocenters. The van der Waals surface area contributed by atoms with Gasteiger partial charge in [0.25, 0.3) is 15.9 Å². The van der Waals surface area contributed by atoms with E-state index in [0.717, 1.165) is 18.6 Å². The molecule has 0 spiro atoms. The lowest BCUT2D eigenvalue weighted by Crippen LogP contribution is -2.51. The quantitative estimate of drug-likeness (QED) is 0.427. The Balaban J connectivity index is 1.41. The summed E-state index contributed by atoms with van der Waals surface area (Å²) >= 11 is 5.92. The van der Waals surface area contributed by atoms with Crippen LogP contribution in [0.25, 0.3) is 0 Å². The van der Waals surface area contributed by atoms with Gasteiger partial charge >= 0.3 is 0 Å². The first-order chi connectivity index (χ1) is 16.9. The number of aryl methyl sites for hydroxylation is 1. The molecule has 0 radical (unpaired) electrons. The van der Waals surface area contributed by atoms with Crippen molar-refractivity contribution in [3.63, 3.8) is 0 Å². The molecule has 1 aliphatic heterocycles. The highest BCUT2D eigenvalue weighted by molar-refractivity contribution is 7.92. The van der Waals surface area contributed by atoms with Crippen LogP contribution >= 0.6 is 11.6 Å². The Morgan fingerprint density at radius 3 is 2.51 bits per heavy atom. The van der Waals surface area contributed by atoms with Gasteiger partial charge in [-0.2, -0.15) is 0 Å². The van der Waals surface area contributed by atoms with Gasteiger partial charge < -0.3 is 14.8 Å². The van der Waals surface area contributed by atoms with Crippen LogP contribution in [0.15, 0.2) is 77.7 Å². The lowest BCUT2D eigenvalue weighted by atomic mass is 10.1. The molecule has 7 nitrogen and oxygen atoms in total. The van der Waals surface area contributed by atoms with Crippen molar-refractivity contribution in [2.45, 2.75) is 30.8 Å². The van der Waals surface area contributed by atoms with Gasteiger partial charge in [-0.3, -0.25) is 9.10 Å². The maximum absolute atomic E-state index is 13.4. The number of rotatable bonds is 9. The lowest BCUT2D eigenvalue weighted by molar-refractivity contribution is -0.127. The zero-order valence-corrected chi connectivity index (χ0v) is 20.9. The van der Waals surface area contributed by atoms with Gasteiger partial charge in [-0.05, 0) is 60.5 Å². The lowest BCUT2D eigenvalue weighted by Gasteiger charge is -2.34. The van der Waals surface area contributed by atoms with Crippen LogP contribution in [-0.4, -0.2) is 40.1 Å². The number of fused-ring (bicyclic) bond motifs is 1. The van der Waals surface area contributed by atoms with Gasteiger partial charge in [0.1, 0.15) is 18.1 Å². The van der Waals surface area contributed by atoms with E-state index in [1.54, 1.807) is 24.3 Å². The molecule has 0 bridgehead atoms. The second-order valence-electron chi connectivity index (χ2n) is 8.10. The molecule has 1 aliphatic rings. The molecule has 0 aromatic heterocycles. The fourth-order valence-corrected chi connectivity index (χ4v) is 5.40. The second-order valence-corrected chi connectivity index (χ2v) is 10.4. The maximum Gasteiger partial charge on any atom is 0.264 e. The van der Waals surface area contributed by atoms with Crippen LogP contribution in [0.1, 0.15) is 18.9 Å². The first kappa shape index (κ1) is 24.9. The van der Waals surface area contributed by atoms with Gasteiger partial charge in [-0.15, -0.1) is 0 Å². The minimum atomic E-state index is -3.94. The molecule has 184 valence electrons. The molecule has 0 fully saturated rings. The van der Waals surface area contributed by atoms with Crippen LogP contribution < -0.4 is 19.1 Å². The molecule has 9 heteroatoms. The van der Waals surface area contributed by atoms with Crippen LogP contribution in [-0.2, 0) is 21.2 Å². The molecule has 4 rings (SSSR count). The summed E-state index contributed by atoms with van der Waals surface area (Å²) in [7, 11) is -3.94. The van der Waals surface area contributed by atoms with Gasteiger partial charge in [0.05, 0.1) is 23.7 Å². The van der Waals surface area contributed by atoms with Gasteiger partial charge in [0, 0.05) is 5.02 Å². The predicted molar refractivity (Wildman–Crippen MR) is 136 cm³/mol. The SMILES string of the molecule is CCCc1ccc(OCCNC(=O)[C@H]2CN(S(=O)(=O)c3ccc(Cl)cc3)c3ccccc3O2)cc1. The van der Waals surface area contributed by atoms with E-state index >= 15 is 0 Å². The molecule has 0 unspecified atom stereocenters. The Morgan fingerprint density at radius 2 is 1.80 bits per heavy atom. The number of anilines is 1. The van der Waals surface area contributed by atoms with Crippen LogP contribution in [0, 0.1) is 0 Å². The number of nitrogens with zero attached hydrogens (tertiary/aromatic N) is 1. The molecule has 35 heavy (non-hydrogen) atoms. The third-order valence-corrected chi connectivity index (χ3v) is 7.61. The fourth-order valence-electron chi connectivity index (χ4n) is 3.80. The van der Waals surface area contributed by atoms with E-state index in [0.29, 0.717) is 16.5 Å². The Labute approximate surface area is 210 Å². The van der Waals surface area contributed by atoms with Crippen LogP contribution in [0.2, 0.25) is 5.02 Å². The van der Waals surface area contributed by atoms with E-state index in [4.69, 9.17) is 21.1 Å². The minimum Gasteiger partial charge on any atom is -0.492 e. The number of nitrogens with one attached hydrogen (secondary N) is 1. The largest absolute Gasteiger partial charge is 0.492 e. The standard InChI is InChI=1S/C26H27ClN2O5S/c1-2-5-19-8-12-21(13-9-19)33-17-16-28-26(30)25-18-29(23-6-3-4-7-24(23)34-25)35(31,32)22-14-10-20(27)11-15-22/h3-4,6-15,25H,2,5,16-18H2,1H3,(H,28,30)/t25-/m1/s1. The van der Waals surface area contributed by atoms with Crippen molar-refractivity contribution in [3.8, 4) is 11.5 Å². The predicted octanol–water partition coefficient (Wildman–Crippen LogP) is 4.44. The third-order valence-electron chi connectivity index (χ3n) is 5.56. The van der Waals surface area contributed by atoms with Crippen molar-refractivity contribution in [2.75, 3.05) is 24.0 Å². The van der Waals surface area contributed by atoms with Gasteiger partial charge in [0.2, 0.25) is 0 Å². The number of carbonyl (C=O) groups is 1. The second kappa shape index (κ2) is 11.0. The highest BCUT2D eigenvalue weighted by Crippen LogP contribution is 2.36. The number of carbonyl (C=O) groups excluding carboxylic acids is 1. The fraction of sp³-hybridized carbons (Fsp3) is 0.269. The number of para-hydroxylation sites is 2. The number of hydrogen-bond acceptors (Lipinski definition) is 5. The average molecular weight is 515 g/mol. The minimum absolute atomic E-state index is 0.0797. The number of hydrogen-bond donors (Lipinski definition) is 1. The third kappa shape index (κ3) is 5.89. The number of benzene rings is 3. The van der Waals surface area contributed by atoms with E-state index < -0.39 is 22.0 Å². The summed E-state index contributed by atoms with van der Waals surface area (Å²) in [6, 6.07) is 20.5. The van der Waals surface area contributed by atoms with Crippen molar-refractivity contribution in [3.05, 3.63) is 83.4 Å². The molecule has 1 amide bonds. The first-order valence-electron chi connectivity index (χ1n) is 11.4. The summed E-state index contributed by atoms with van der Waals surface area (Å²) in [6.07, 6.45) is 1.09. The number of ether oxygens (including phenoxy) is 2. The molecule has 1 heterocycles. The van der Waals surface area contributed by atoms with E-state index in [1.165, 1.54) is 34.1 Å². The Kier molecular flexibility index (Phi) is 7.83. The first-order valence-corrected chi connectivity index (χ1v) is 13.2. The van der Waals surface area contributed by atoms with Gasteiger partial charge in [0.15, 0.2) is 6.10 Å². The molecule has 0 aliphatic carbocycles. The van der Waals surface area contributed by atoms with Crippen LogP contribution in [0.3, 0.4) is 0 Å². The Morgan fingerprint density at radius 1 is 1.09 bits per heavy atom. The van der Waals surface area contributed by atoms with E-state index in [9.17, 15) is 13.2 Å². The smallest absolute Gasteiger partial charge is 0.264 e. The molecular formula is C26H27ClN2O5S. The van der Waals surface area contributed by atoms with Crippen molar-refractivity contribution in [1.29, 1.82) is 0 Å². The molecular weight excluding hydrogens is 488 g/mol. The van der Waals surface area contributed by atoms with E-state index in [-0.39, 0.29) is 24.6 Å². The number of sulfonamides is 1. The monoisotopic (exact) mass is 514 g/mol. The molecule has 0 saturated carbocycles. The maximum atomic E-state index is 13.4. The number of halogens is 1. The van der Waals surface area contributed by atoms with Crippen molar-refractivity contribution in [2.24, 2.45) is 0 Å². The highest BCUT2D eigenvalue weighted by atomic mass is 35.5. The van der Waals surface area contributed by atoms with E-state index in [2.05, 4.69) is 12.2 Å². The number of amides is 1. The average Bonchev–Trinajstić information content (AvgIpc) is 2.87. The van der Waals surface area contributed by atoms with Gasteiger partial charge in [-0.1, -0.05) is 49.2 Å². The molecule has 3 aromatic carbocycles. The molecule has 3 aromatic rings. The molecule has 1 N–H and O–H groups in total. The summed E-state index contributed by atoms with van der Waals surface area (Å²) in [6.45, 7) is 2.50. The normalized spacial score (nSPS) is 15.1. The summed E-state index contributed by atoms with van der Waals surface area (Å²) in [5.74, 6) is 0.625. The Bertz CT molecular complexity index is 1260. The zero-order valence-electron chi connectivity index (χ0n) is 19.3. The van der Waals surface area contributed by atoms with Crippen molar-refractivity contribution < 1.29 is 22.7 Å². The highest BCUT2D eigenvalue weighted by Gasteiger charge is 2.37.